The van der Waals surface area contributed by atoms with Crippen molar-refractivity contribution in [1.29, 1.82) is 0 Å². The number of nitrogens with one attached hydrogen (secondary N) is 1. The molecule has 0 saturated carbocycles. The van der Waals surface area contributed by atoms with Crippen LogP contribution in [0.3, 0.4) is 0 Å². The predicted molar refractivity (Wildman–Crippen MR) is 68.0 cm³/mol. The zero-order valence-corrected chi connectivity index (χ0v) is 9.91. The zero-order valence-electron chi connectivity index (χ0n) is 9.15. The smallest absolute Gasteiger partial charge is 0.258 e. The second-order valence-corrected chi connectivity index (χ2v) is 3.91. The van der Waals surface area contributed by atoms with Crippen molar-refractivity contribution in [3.63, 3.8) is 0 Å². The van der Waals surface area contributed by atoms with Crippen LogP contribution in [0.5, 0.6) is 0 Å². The number of carbonyl (C=O) groups excluding carboxylic acids is 1. The van der Waals surface area contributed by atoms with Crippen molar-refractivity contribution in [2.24, 2.45) is 0 Å². The van der Waals surface area contributed by atoms with E-state index >= 15 is 0 Å². The van der Waals surface area contributed by atoms with Gasteiger partial charge in [0.1, 0.15) is 11.6 Å². The van der Waals surface area contributed by atoms with E-state index in [0.717, 1.165) is 0 Å². The van der Waals surface area contributed by atoms with E-state index < -0.39 is 11.7 Å². The number of hydrogen-bond acceptors (Lipinski definition) is 3. The Labute approximate surface area is 108 Å². The predicted octanol–water partition coefficient (Wildman–Crippen LogP) is 2.71. The first kappa shape index (κ1) is 12.3. The van der Waals surface area contributed by atoms with E-state index in [9.17, 15) is 9.18 Å². The minimum Gasteiger partial charge on any atom is -0.397 e. The quantitative estimate of drug-likeness (QED) is 0.877. The van der Waals surface area contributed by atoms with Crippen molar-refractivity contribution in [2.45, 2.75) is 0 Å². The number of benzene rings is 1. The van der Waals surface area contributed by atoms with Gasteiger partial charge >= 0.3 is 0 Å². The monoisotopic (exact) mass is 265 g/mol. The zero-order chi connectivity index (χ0) is 13.1. The lowest BCUT2D eigenvalue weighted by molar-refractivity contribution is 0.102. The fourth-order valence-electron chi connectivity index (χ4n) is 1.34. The summed E-state index contributed by atoms with van der Waals surface area (Å²) in [5, 5.41) is 2.28. The Balaban J connectivity index is 2.22. The van der Waals surface area contributed by atoms with Gasteiger partial charge in [0, 0.05) is 0 Å². The van der Waals surface area contributed by atoms with Crippen molar-refractivity contribution < 1.29 is 9.18 Å². The first-order valence-corrected chi connectivity index (χ1v) is 5.42. The first-order valence-electron chi connectivity index (χ1n) is 5.05. The van der Waals surface area contributed by atoms with E-state index in [0.29, 0.717) is 11.5 Å². The van der Waals surface area contributed by atoms with Crippen LogP contribution in [0.2, 0.25) is 5.02 Å². The molecule has 6 heteroatoms. The highest BCUT2D eigenvalue weighted by Crippen LogP contribution is 2.20. The summed E-state index contributed by atoms with van der Waals surface area (Å²) in [7, 11) is 0. The number of carbonyl (C=O) groups is 1. The van der Waals surface area contributed by atoms with Crippen molar-refractivity contribution >= 4 is 29.0 Å². The lowest BCUT2D eigenvalue weighted by atomic mass is 10.2. The van der Waals surface area contributed by atoms with Gasteiger partial charge in [-0.2, -0.15) is 0 Å². The summed E-state index contributed by atoms with van der Waals surface area (Å²) in [5.41, 5.74) is 6.00. The highest BCUT2D eigenvalue weighted by molar-refractivity contribution is 6.34. The molecule has 0 aliphatic rings. The number of nitrogen functional groups attached to an aromatic ring is 1. The van der Waals surface area contributed by atoms with Crippen molar-refractivity contribution in [3.05, 3.63) is 52.9 Å². The van der Waals surface area contributed by atoms with E-state index in [2.05, 4.69) is 10.3 Å². The van der Waals surface area contributed by atoms with Crippen LogP contribution in [0.1, 0.15) is 10.4 Å². The second kappa shape index (κ2) is 5.01. The van der Waals surface area contributed by atoms with Crippen LogP contribution in [0.15, 0.2) is 36.5 Å². The summed E-state index contributed by atoms with van der Waals surface area (Å²) in [6, 6.07) is 7.15. The van der Waals surface area contributed by atoms with Gasteiger partial charge in [-0.05, 0) is 24.3 Å². The Bertz CT molecular complexity index is 586. The van der Waals surface area contributed by atoms with E-state index in [4.69, 9.17) is 17.3 Å². The molecule has 3 N–H and O–H groups in total. The van der Waals surface area contributed by atoms with Gasteiger partial charge in [0.2, 0.25) is 0 Å². The SMILES string of the molecule is Nc1ccc(NC(=O)c2cccc(F)c2Cl)nc1. The molecular formula is C12H9ClFN3O. The fraction of sp³-hybridized carbons (Fsp3) is 0. The molecule has 0 aliphatic heterocycles. The van der Waals surface area contributed by atoms with Crippen LogP contribution in [0, 0.1) is 5.82 Å². The minimum absolute atomic E-state index is 0.0512. The van der Waals surface area contributed by atoms with Crippen molar-refractivity contribution in [3.8, 4) is 0 Å². The maximum atomic E-state index is 13.2. The molecule has 0 bridgehead atoms. The molecule has 18 heavy (non-hydrogen) atoms. The molecule has 1 aromatic carbocycles. The number of halogens is 2. The maximum absolute atomic E-state index is 13.2. The van der Waals surface area contributed by atoms with Gasteiger partial charge in [-0.15, -0.1) is 0 Å². The molecule has 4 nitrogen and oxygen atoms in total. The number of nitrogens with zero attached hydrogens (tertiary/aromatic N) is 1. The average Bonchev–Trinajstić information content (AvgIpc) is 2.35. The van der Waals surface area contributed by atoms with Crippen LogP contribution < -0.4 is 11.1 Å². The summed E-state index contributed by atoms with van der Waals surface area (Å²) in [6.07, 6.45) is 1.41. The average molecular weight is 266 g/mol. The molecule has 1 amide bonds. The van der Waals surface area contributed by atoms with Crippen LogP contribution in [0.25, 0.3) is 0 Å². The molecule has 0 unspecified atom stereocenters. The van der Waals surface area contributed by atoms with Crippen molar-refractivity contribution in [2.75, 3.05) is 11.1 Å². The maximum Gasteiger partial charge on any atom is 0.258 e. The number of hydrogen-bond donors (Lipinski definition) is 2. The molecule has 0 saturated heterocycles. The van der Waals surface area contributed by atoms with Gasteiger partial charge in [0.25, 0.3) is 5.91 Å². The Morgan fingerprint density at radius 3 is 2.78 bits per heavy atom. The summed E-state index contributed by atoms with van der Waals surface area (Å²) < 4.78 is 13.2. The summed E-state index contributed by atoms with van der Waals surface area (Å²) >= 11 is 5.70. The number of amides is 1. The lowest BCUT2D eigenvalue weighted by Crippen LogP contribution is -2.13. The van der Waals surface area contributed by atoms with Crippen LogP contribution >= 0.6 is 11.6 Å². The Kier molecular flexibility index (Phi) is 3.43. The summed E-state index contributed by atoms with van der Waals surface area (Å²) in [5.74, 6) is -0.860. The summed E-state index contributed by atoms with van der Waals surface area (Å²) in [4.78, 5) is 15.7. The van der Waals surface area contributed by atoms with Crippen LogP contribution in [0.4, 0.5) is 15.9 Å². The Morgan fingerprint density at radius 2 is 2.11 bits per heavy atom. The number of nitrogens with two attached hydrogens (primary N) is 1. The molecule has 92 valence electrons. The van der Waals surface area contributed by atoms with Gasteiger partial charge in [0.05, 0.1) is 22.5 Å². The largest absolute Gasteiger partial charge is 0.397 e. The van der Waals surface area contributed by atoms with E-state index in [1.165, 1.54) is 24.4 Å². The molecule has 0 fully saturated rings. The lowest BCUT2D eigenvalue weighted by Gasteiger charge is -2.06. The van der Waals surface area contributed by atoms with Crippen molar-refractivity contribution in [1.82, 2.24) is 4.98 Å². The van der Waals surface area contributed by atoms with E-state index in [-0.39, 0.29) is 10.6 Å². The molecule has 0 aliphatic carbocycles. The molecule has 0 spiro atoms. The highest BCUT2D eigenvalue weighted by Gasteiger charge is 2.13. The molecule has 1 heterocycles. The topological polar surface area (TPSA) is 68.0 Å². The fourth-order valence-corrected chi connectivity index (χ4v) is 1.55. The van der Waals surface area contributed by atoms with Gasteiger partial charge in [-0.3, -0.25) is 4.79 Å². The molecule has 0 atom stereocenters. The summed E-state index contributed by atoms with van der Waals surface area (Å²) in [6.45, 7) is 0. The third kappa shape index (κ3) is 2.57. The molecule has 0 radical (unpaired) electrons. The standard InChI is InChI=1S/C12H9ClFN3O/c13-11-8(2-1-3-9(11)14)12(18)17-10-5-4-7(15)6-16-10/h1-6H,15H2,(H,16,17,18). The molecule has 2 rings (SSSR count). The second-order valence-electron chi connectivity index (χ2n) is 3.53. The highest BCUT2D eigenvalue weighted by atomic mass is 35.5. The molecule has 1 aromatic heterocycles. The normalized spacial score (nSPS) is 10.1. The number of aromatic nitrogens is 1. The third-order valence-electron chi connectivity index (χ3n) is 2.22. The van der Waals surface area contributed by atoms with Gasteiger partial charge in [-0.25, -0.2) is 9.37 Å². The number of anilines is 2. The number of pyridine rings is 1. The Hall–Kier alpha value is -2.14. The van der Waals surface area contributed by atoms with E-state index in [1.807, 2.05) is 0 Å². The van der Waals surface area contributed by atoms with Crippen LogP contribution in [-0.2, 0) is 0 Å². The molecular weight excluding hydrogens is 257 g/mol. The third-order valence-corrected chi connectivity index (χ3v) is 2.61. The van der Waals surface area contributed by atoms with Gasteiger partial charge < -0.3 is 11.1 Å². The number of rotatable bonds is 2. The van der Waals surface area contributed by atoms with Crippen LogP contribution in [-0.4, -0.2) is 10.9 Å². The Morgan fingerprint density at radius 1 is 1.33 bits per heavy atom. The van der Waals surface area contributed by atoms with Gasteiger partial charge in [-0.1, -0.05) is 17.7 Å². The van der Waals surface area contributed by atoms with E-state index in [1.54, 1.807) is 12.1 Å². The first-order chi connectivity index (χ1) is 8.58. The minimum atomic E-state index is -0.644. The molecule has 2 aromatic rings. The van der Waals surface area contributed by atoms with Gasteiger partial charge in [0.15, 0.2) is 0 Å².